The van der Waals surface area contributed by atoms with E-state index in [-0.39, 0.29) is 17.3 Å². The predicted octanol–water partition coefficient (Wildman–Crippen LogP) is 3.08. The summed E-state index contributed by atoms with van der Waals surface area (Å²) in [5.74, 6) is -1.47. The van der Waals surface area contributed by atoms with E-state index in [1.165, 1.54) is 12.3 Å². The molecule has 0 aliphatic heterocycles. The first-order valence-electron chi connectivity index (χ1n) is 5.44. The van der Waals surface area contributed by atoms with Crippen molar-refractivity contribution in [2.75, 3.05) is 0 Å². The van der Waals surface area contributed by atoms with Gasteiger partial charge in [0.05, 0.1) is 0 Å². The molecule has 0 N–H and O–H groups in total. The fourth-order valence-electron chi connectivity index (χ4n) is 1.64. The Morgan fingerprint density at radius 2 is 1.79 bits per heavy atom. The molecule has 0 amide bonds. The highest BCUT2D eigenvalue weighted by molar-refractivity contribution is 5.59. The van der Waals surface area contributed by atoms with Gasteiger partial charge >= 0.3 is 0 Å². The molecule has 0 spiro atoms. The van der Waals surface area contributed by atoms with Crippen LogP contribution in [0.3, 0.4) is 0 Å². The van der Waals surface area contributed by atoms with E-state index in [0.717, 1.165) is 12.1 Å². The second-order valence-electron chi connectivity index (χ2n) is 3.76. The highest BCUT2D eigenvalue weighted by atomic mass is 19.1. The smallest absolute Gasteiger partial charge is 0.264 e. The molecule has 0 saturated carbocycles. The predicted molar refractivity (Wildman–Crippen MR) is 62.9 cm³/mol. The summed E-state index contributed by atoms with van der Waals surface area (Å²) >= 11 is 0. The van der Waals surface area contributed by atoms with Crippen LogP contribution in [-0.4, -0.2) is 15.1 Å². The van der Waals surface area contributed by atoms with Gasteiger partial charge in [0.15, 0.2) is 0 Å². The van der Waals surface area contributed by atoms with Crippen LogP contribution in [0, 0.1) is 11.6 Å². The fourth-order valence-corrected chi connectivity index (χ4v) is 1.64. The molecule has 2 aromatic heterocycles. The van der Waals surface area contributed by atoms with Gasteiger partial charge in [0, 0.05) is 18.0 Å². The second-order valence-corrected chi connectivity index (χ2v) is 3.76. The van der Waals surface area contributed by atoms with Crippen molar-refractivity contribution >= 4 is 0 Å². The maximum atomic E-state index is 13.6. The number of hydrogen-bond donors (Lipinski definition) is 0. The molecule has 2 heterocycles. The van der Waals surface area contributed by atoms with Crippen molar-refractivity contribution in [2.45, 2.75) is 0 Å². The van der Waals surface area contributed by atoms with Crippen LogP contribution in [0.4, 0.5) is 8.78 Å². The van der Waals surface area contributed by atoms with Gasteiger partial charge in [-0.15, -0.1) is 0 Å². The Hall–Kier alpha value is -2.63. The lowest BCUT2D eigenvalue weighted by atomic mass is 10.2. The number of aromatic nitrogens is 3. The van der Waals surface area contributed by atoms with E-state index in [1.54, 1.807) is 18.3 Å². The topological polar surface area (TPSA) is 51.8 Å². The molecule has 0 aliphatic rings. The molecule has 0 atom stereocenters. The molecule has 94 valence electrons. The minimum absolute atomic E-state index is 0.200. The van der Waals surface area contributed by atoms with Gasteiger partial charge in [0.2, 0.25) is 5.82 Å². The molecule has 1 aromatic carbocycles. The summed E-state index contributed by atoms with van der Waals surface area (Å²) in [4.78, 5) is 7.88. The third-order valence-electron chi connectivity index (χ3n) is 2.52. The van der Waals surface area contributed by atoms with Crippen LogP contribution in [0.15, 0.2) is 47.2 Å². The van der Waals surface area contributed by atoms with Crippen LogP contribution < -0.4 is 0 Å². The van der Waals surface area contributed by atoms with Crippen LogP contribution >= 0.6 is 0 Å². The first kappa shape index (κ1) is 11.5. The maximum Gasteiger partial charge on any atom is 0.264 e. The number of hydrogen-bond acceptors (Lipinski definition) is 4. The Kier molecular flexibility index (Phi) is 2.75. The van der Waals surface area contributed by atoms with Crippen molar-refractivity contribution in [2.24, 2.45) is 0 Å². The Morgan fingerprint density at radius 1 is 1.00 bits per heavy atom. The van der Waals surface area contributed by atoms with Crippen molar-refractivity contribution < 1.29 is 13.3 Å². The Balaban J connectivity index is 2.07. The monoisotopic (exact) mass is 259 g/mol. The van der Waals surface area contributed by atoms with Gasteiger partial charge in [-0.3, -0.25) is 4.98 Å². The third-order valence-corrected chi connectivity index (χ3v) is 2.52. The first-order chi connectivity index (χ1) is 9.25. The van der Waals surface area contributed by atoms with Gasteiger partial charge in [-0.1, -0.05) is 11.2 Å². The molecule has 0 radical (unpaired) electrons. The molecule has 0 aliphatic carbocycles. The molecule has 0 bridgehead atoms. The normalized spacial score (nSPS) is 10.6. The number of nitrogens with zero attached hydrogens (tertiary/aromatic N) is 3. The first-order valence-corrected chi connectivity index (χ1v) is 5.44. The molecule has 3 aromatic rings. The van der Waals surface area contributed by atoms with Crippen LogP contribution in [0.2, 0.25) is 0 Å². The third kappa shape index (κ3) is 2.08. The van der Waals surface area contributed by atoms with Crippen LogP contribution in [-0.2, 0) is 0 Å². The molecule has 6 heteroatoms. The van der Waals surface area contributed by atoms with Crippen molar-refractivity contribution in [1.82, 2.24) is 15.1 Å². The summed E-state index contributed by atoms with van der Waals surface area (Å²) in [5, 5.41) is 3.69. The van der Waals surface area contributed by atoms with Gasteiger partial charge < -0.3 is 4.52 Å². The van der Waals surface area contributed by atoms with Crippen molar-refractivity contribution in [1.29, 1.82) is 0 Å². The summed E-state index contributed by atoms with van der Waals surface area (Å²) in [6.45, 7) is 0. The Labute approximate surface area is 106 Å². The SMILES string of the molecule is Fc1cccc(F)c1-c1nc(-c2cccnc2)no1. The van der Waals surface area contributed by atoms with E-state index < -0.39 is 11.6 Å². The second kappa shape index (κ2) is 4.56. The van der Waals surface area contributed by atoms with Crippen LogP contribution in [0.1, 0.15) is 0 Å². The van der Waals surface area contributed by atoms with E-state index in [0.29, 0.717) is 5.56 Å². The summed E-state index contributed by atoms with van der Waals surface area (Å²) < 4.78 is 32.0. The number of benzene rings is 1. The van der Waals surface area contributed by atoms with Crippen molar-refractivity contribution in [3.05, 3.63) is 54.4 Å². The molecular weight excluding hydrogens is 252 g/mol. The summed E-state index contributed by atoms with van der Waals surface area (Å²) in [6.07, 6.45) is 3.13. The van der Waals surface area contributed by atoms with Gasteiger partial charge in [-0.05, 0) is 24.3 Å². The number of pyridine rings is 1. The lowest BCUT2D eigenvalue weighted by Gasteiger charge is -1.97. The minimum atomic E-state index is -0.749. The van der Waals surface area contributed by atoms with Crippen LogP contribution in [0.25, 0.3) is 22.8 Å². The Bertz CT molecular complexity index is 693. The van der Waals surface area contributed by atoms with Gasteiger partial charge in [0.1, 0.15) is 17.2 Å². The zero-order valence-electron chi connectivity index (χ0n) is 9.55. The number of halogens is 2. The molecule has 4 nitrogen and oxygen atoms in total. The van der Waals surface area contributed by atoms with Crippen LogP contribution in [0.5, 0.6) is 0 Å². The van der Waals surface area contributed by atoms with E-state index in [9.17, 15) is 8.78 Å². The van der Waals surface area contributed by atoms with Gasteiger partial charge in [-0.25, -0.2) is 8.78 Å². The van der Waals surface area contributed by atoms with E-state index in [2.05, 4.69) is 15.1 Å². The highest BCUT2D eigenvalue weighted by Crippen LogP contribution is 2.26. The largest absolute Gasteiger partial charge is 0.333 e. The van der Waals surface area contributed by atoms with E-state index in [1.807, 2.05) is 0 Å². The van der Waals surface area contributed by atoms with Crippen molar-refractivity contribution in [3.63, 3.8) is 0 Å². The summed E-state index contributed by atoms with van der Waals surface area (Å²) in [6, 6.07) is 6.96. The van der Waals surface area contributed by atoms with E-state index in [4.69, 9.17) is 4.52 Å². The summed E-state index contributed by atoms with van der Waals surface area (Å²) in [7, 11) is 0. The minimum Gasteiger partial charge on any atom is -0.333 e. The quantitative estimate of drug-likeness (QED) is 0.709. The lowest BCUT2D eigenvalue weighted by molar-refractivity contribution is 0.426. The number of rotatable bonds is 2. The standard InChI is InChI=1S/C13H7F2N3O/c14-9-4-1-5-10(15)11(9)13-17-12(18-19-13)8-3-2-6-16-7-8/h1-7H. The molecule has 0 saturated heterocycles. The zero-order chi connectivity index (χ0) is 13.2. The molecule has 0 unspecified atom stereocenters. The average molecular weight is 259 g/mol. The lowest BCUT2D eigenvalue weighted by Crippen LogP contribution is -1.89. The van der Waals surface area contributed by atoms with Crippen molar-refractivity contribution in [3.8, 4) is 22.8 Å². The van der Waals surface area contributed by atoms with Gasteiger partial charge in [-0.2, -0.15) is 4.98 Å². The Morgan fingerprint density at radius 3 is 2.47 bits per heavy atom. The summed E-state index contributed by atoms with van der Waals surface area (Å²) in [5.41, 5.74) is 0.277. The van der Waals surface area contributed by atoms with E-state index >= 15 is 0 Å². The molecular formula is C13H7F2N3O. The highest BCUT2D eigenvalue weighted by Gasteiger charge is 2.18. The molecule has 0 fully saturated rings. The fraction of sp³-hybridized carbons (Fsp3) is 0. The maximum absolute atomic E-state index is 13.6. The molecule has 19 heavy (non-hydrogen) atoms. The zero-order valence-corrected chi connectivity index (χ0v) is 9.55. The van der Waals surface area contributed by atoms with Gasteiger partial charge in [0.25, 0.3) is 5.89 Å². The average Bonchev–Trinajstić information content (AvgIpc) is 2.89. The molecule has 3 rings (SSSR count).